The van der Waals surface area contributed by atoms with Crippen LogP contribution in [0.2, 0.25) is 0 Å². The molecular formula is C13H15NO2S. The minimum Gasteiger partial charge on any atom is -0.351 e. The molecule has 4 heteroatoms. The van der Waals surface area contributed by atoms with E-state index in [2.05, 4.69) is 6.26 Å². The lowest BCUT2D eigenvalue weighted by Gasteiger charge is -2.30. The van der Waals surface area contributed by atoms with Gasteiger partial charge in [0.05, 0.1) is 6.61 Å². The topological polar surface area (TPSA) is 29.5 Å². The molecule has 1 amide bonds. The summed E-state index contributed by atoms with van der Waals surface area (Å²) >= 11 is 1.73. The second kappa shape index (κ2) is 4.03. The standard InChI is InChI=1S/C13H15NO2S/c1-17-13-8-7-11(15)14(13)12(16-9-13)10-5-3-2-4-6-10/h2-6,12H,7-9H2,1H3/t12-,13-/m1/s1. The predicted octanol–water partition coefficient (Wildman–Crippen LogP) is 2.40. The monoisotopic (exact) mass is 249 g/mol. The number of ether oxygens (including phenoxy) is 1. The molecule has 3 nitrogen and oxygen atoms in total. The van der Waals surface area contributed by atoms with Gasteiger partial charge < -0.3 is 4.74 Å². The first-order valence-electron chi connectivity index (χ1n) is 5.81. The van der Waals surface area contributed by atoms with E-state index in [1.165, 1.54) is 0 Å². The van der Waals surface area contributed by atoms with Crippen LogP contribution in [-0.2, 0) is 9.53 Å². The first-order chi connectivity index (χ1) is 8.27. The van der Waals surface area contributed by atoms with Gasteiger partial charge in [0.2, 0.25) is 5.91 Å². The third-order valence-electron chi connectivity index (χ3n) is 3.60. The number of fused-ring (bicyclic) bond motifs is 1. The Bertz CT molecular complexity index is 436. The summed E-state index contributed by atoms with van der Waals surface area (Å²) in [5.74, 6) is 0.214. The average Bonchev–Trinajstić information content (AvgIpc) is 2.90. The summed E-state index contributed by atoms with van der Waals surface area (Å²) in [5.41, 5.74) is 1.07. The van der Waals surface area contributed by atoms with E-state index in [-0.39, 0.29) is 17.0 Å². The molecule has 2 heterocycles. The van der Waals surface area contributed by atoms with Gasteiger partial charge in [-0.3, -0.25) is 9.69 Å². The molecule has 2 aliphatic rings. The summed E-state index contributed by atoms with van der Waals surface area (Å²) in [6, 6.07) is 9.99. The van der Waals surface area contributed by atoms with E-state index in [4.69, 9.17) is 4.74 Å². The van der Waals surface area contributed by atoms with E-state index >= 15 is 0 Å². The van der Waals surface area contributed by atoms with Crippen molar-refractivity contribution < 1.29 is 9.53 Å². The first-order valence-corrected chi connectivity index (χ1v) is 7.03. The summed E-state index contributed by atoms with van der Waals surface area (Å²) in [5, 5.41) is 0. The fraction of sp³-hybridized carbons (Fsp3) is 0.462. The number of hydrogen-bond donors (Lipinski definition) is 0. The molecule has 0 N–H and O–H groups in total. The van der Waals surface area contributed by atoms with Crippen molar-refractivity contribution in [2.24, 2.45) is 0 Å². The van der Waals surface area contributed by atoms with Crippen LogP contribution in [0, 0.1) is 0 Å². The zero-order valence-corrected chi connectivity index (χ0v) is 10.6. The fourth-order valence-corrected chi connectivity index (χ4v) is 3.55. The second-order valence-corrected chi connectivity index (χ2v) is 5.66. The van der Waals surface area contributed by atoms with Crippen LogP contribution in [0.1, 0.15) is 24.6 Å². The molecule has 2 fully saturated rings. The number of rotatable bonds is 2. The van der Waals surface area contributed by atoms with Crippen molar-refractivity contribution in [3.63, 3.8) is 0 Å². The summed E-state index contributed by atoms with van der Waals surface area (Å²) in [6.45, 7) is 0.638. The van der Waals surface area contributed by atoms with Gasteiger partial charge in [-0.05, 0) is 12.7 Å². The van der Waals surface area contributed by atoms with Crippen molar-refractivity contribution in [2.75, 3.05) is 12.9 Å². The van der Waals surface area contributed by atoms with Crippen molar-refractivity contribution in [3.8, 4) is 0 Å². The molecule has 1 aromatic rings. The van der Waals surface area contributed by atoms with Gasteiger partial charge in [-0.25, -0.2) is 0 Å². The van der Waals surface area contributed by atoms with Gasteiger partial charge in [-0.15, -0.1) is 11.8 Å². The summed E-state index contributed by atoms with van der Waals surface area (Å²) in [4.78, 5) is 13.8. The highest BCUT2D eigenvalue weighted by atomic mass is 32.2. The molecular weight excluding hydrogens is 234 g/mol. The van der Waals surface area contributed by atoms with Crippen LogP contribution in [-0.4, -0.2) is 28.5 Å². The van der Waals surface area contributed by atoms with Crippen molar-refractivity contribution in [3.05, 3.63) is 35.9 Å². The van der Waals surface area contributed by atoms with Crippen LogP contribution in [0.5, 0.6) is 0 Å². The minimum absolute atomic E-state index is 0.127. The van der Waals surface area contributed by atoms with Gasteiger partial charge in [-0.1, -0.05) is 30.3 Å². The van der Waals surface area contributed by atoms with Crippen LogP contribution in [0.25, 0.3) is 0 Å². The Hall–Kier alpha value is -1.00. The predicted molar refractivity (Wildman–Crippen MR) is 67.5 cm³/mol. The fourth-order valence-electron chi connectivity index (χ4n) is 2.66. The molecule has 0 spiro atoms. The van der Waals surface area contributed by atoms with E-state index in [0.717, 1.165) is 12.0 Å². The maximum absolute atomic E-state index is 12.0. The summed E-state index contributed by atoms with van der Waals surface area (Å²) in [6.07, 6.45) is 3.41. The molecule has 0 radical (unpaired) electrons. The molecule has 1 aromatic carbocycles. The van der Waals surface area contributed by atoms with Gasteiger partial charge in [0, 0.05) is 12.0 Å². The highest BCUT2D eigenvalue weighted by molar-refractivity contribution is 8.00. The zero-order valence-electron chi connectivity index (χ0n) is 9.76. The number of carbonyl (C=O) groups is 1. The molecule has 0 saturated carbocycles. The normalized spacial score (nSPS) is 31.9. The van der Waals surface area contributed by atoms with Gasteiger partial charge >= 0.3 is 0 Å². The van der Waals surface area contributed by atoms with Crippen molar-refractivity contribution >= 4 is 17.7 Å². The van der Waals surface area contributed by atoms with Crippen LogP contribution < -0.4 is 0 Å². The Morgan fingerprint density at radius 1 is 1.41 bits per heavy atom. The number of benzene rings is 1. The van der Waals surface area contributed by atoms with Crippen LogP contribution in [0.15, 0.2) is 30.3 Å². The molecule has 0 aromatic heterocycles. The third kappa shape index (κ3) is 1.58. The van der Waals surface area contributed by atoms with Crippen LogP contribution in [0.3, 0.4) is 0 Å². The zero-order chi connectivity index (χ0) is 11.9. The van der Waals surface area contributed by atoms with Crippen molar-refractivity contribution in [1.82, 2.24) is 4.90 Å². The number of amides is 1. The summed E-state index contributed by atoms with van der Waals surface area (Å²) < 4.78 is 5.85. The van der Waals surface area contributed by atoms with Crippen LogP contribution >= 0.6 is 11.8 Å². The SMILES string of the molecule is CS[C@@]12CCC(=O)N1[C@@H](c1ccccc1)OC2. The molecule has 3 rings (SSSR count). The lowest BCUT2D eigenvalue weighted by atomic mass is 10.2. The minimum atomic E-state index is -0.196. The molecule has 2 aliphatic heterocycles. The maximum Gasteiger partial charge on any atom is 0.226 e. The van der Waals surface area contributed by atoms with E-state index in [1.54, 1.807) is 11.8 Å². The Labute approximate surface area is 105 Å². The summed E-state index contributed by atoms with van der Waals surface area (Å²) in [7, 11) is 0. The Kier molecular flexibility index (Phi) is 2.64. The first kappa shape index (κ1) is 11.1. The van der Waals surface area contributed by atoms with Gasteiger partial charge in [-0.2, -0.15) is 0 Å². The molecule has 2 saturated heterocycles. The van der Waals surface area contributed by atoms with E-state index in [0.29, 0.717) is 13.0 Å². The van der Waals surface area contributed by atoms with E-state index in [1.807, 2.05) is 35.2 Å². The maximum atomic E-state index is 12.0. The molecule has 2 atom stereocenters. The largest absolute Gasteiger partial charge is 0.351 e. The van der Waals surface area contributed by atoms with Gasteiger partial charge in [0.15, 0.2) is 6.23 Å². The average molecular weight is 249 g/mol. The van der Waals surface area contributed by atoms with Gasteiger partial charge in [0.25, 0.3) is 0 Å². The second-order valence-electron chi connectivity index (χ2n) is 4.49. The Morgan fingerprint density at radius 2 is 2.18 bits per heavy atom. The lowest BCUT2D eigenvalue weighted by molar-refractivity contribution is -0.134. The lowest BCUT2D eigenvalue weighted by Crippen LogP contribution is -2.40. The highest BCUT2D eigenvalue weighted by Gasteiger charge is 2.54. The number of hydrogen-bond acceptors (Lipinski definition) is 3. The highest BCUT2D eigenvalue weighted by Crippen LogP contribution is 2.49. The van der Waals surface area contributed by atoms with Crippen molar-refractivity contribution in [2.45, 2.75) is 23.9 Å². The third-order valence-corrected chi connectivity index (χ3v) is 4.88. The smallest absolute Gasteiger partial charge is 0.226 e. The number of thioether (sulfide) groups is 1. The van der Waals surface area contributed by atoms with Gasteiger partial charge in [0.1, 0.15) is 4.87 Å². The molecule has 0 aliphatic carbocycles. The van der Waals surface area contributed by atoms with E-state index < -0.39 is 0 Å². The van der Waals surface area contributed by atoms with Crippen molar-refractivity contribution in [1.29, 1.82) is 0 Å². The Balaban J connectivity index is 1.96. The van der Waals surface area contributed by atoms with Crippen LogP contribution in [0.4, 0.5) is 0 Å². The number of nitrogens with zero attached hydrogens (tertiary/aromatic N) is 1. The Morgan fingerprint density at radius 3 is 2.88 bits per heavy atom. The molecule has 0 bridgehead atoms. The van der Waals surface area contributed by atoms with E-state index in [9.17, 15) is 4.79 Å². The number of carbonyl (C=O) groups excluding carboxylic acids is 1. The quantitative estimate of drug-likeness (QED) is 0.806. The molecule has 0 unspecified atom stereocenters. The molecule has 17 heavy (non-hydrogen) atoms. The molecule has 90 valence electrons.